The smallest absolute Gasteiger partial charge is 0.224 e. The third-order valence-electron chi connectivity index (χ3n) is 4.21. The number of nitrogens with one attached hydrogen (secondary N) is 1. The molecule has 1 N–H and O–H groups in total. The van der Waals surface area contributed by atoms with Gasteiger partial charge in [-0.15, -0.1) is 0 Å². The van der Waals surface area contributed by atoms with Gasteiger partial charge in [0.2, 0.25) is 5.91 Å². The molecule has 3 heteroatoms. The van der Waals surface area contributed by atoms with Gasteiger partial charge in [-0.2, -0.15) is 0 Å². The zero-order valence-electron chi connectivity index (χ0n) is 13.6. The van der Waals surface area contributed by atoms with Gasteiger partial charge in [0.25, 0.3) is 0 Å². The van der Waals surface area contributed by atoms with E-state index in [1.54, 1.807) is 0 Å². The molecular formula is C20H23NO2. The fourth-order valence-corrected chi connectivity index (χ4v) is 3.05. The van der Waals surface area contributed by atoms with Crippen LogP contribution in [0.5, 0.6) is 5.75 Å². The first-order valence-electron chi connectivity index (χ1n) is 8.27. The van der Waals surface area contributed by atoms with Crippen LogP contribution in [0.15, 0.2) is 42.5 Å². The normalized spacial score (nSPS) is 12.7. The summed E-state index contributed by atoms with van der Waals surface area (Å²) in [6.07, 6.45) is 4.01. The standard InChI is InChI=1S/C20H23NO2/c1-15-4-2-7-19(12-15)23-11-10-21-20(22)14-16-8-9-17-5-3-6-18(17)13-16/h2,4,7-9,12-13H,3,5-6,10-11,14H2,1H3,(H,21,22). The monoisotopic (exact) mass is 309 g/mol. The van der Waals surface area contributed by atoms with E-state index in [1.165, 1.54) is 29.5 Å². The van der Waals surface area contributed by atoms with Crippen molar-refractivity contribution in [2.75, 3.05) is 13.2 Å². The van der Waals surface area contributed by atoms with E-state index in [4.69, 9.17) is 4.74 Å². The maximum absolute atomic E-state index is 12.0. The highest BCUT2D eigenvalue weighted by molar-refractivity contribution is 5.78. The molecule has 0 bridgehead atoms. The molecule has 1 aliphatic carbocycles. The van der Waals surface area contributed by atoms with Crippen molar-refractivity contribution < 1.29 is 9.53 Å². The van der Waals surface area contributed by atoms with Crippen molar-refractivity contribution >= 4 is 5.91 Å². The summed E-state index contributed by atoms with van der Waals surface area (Å²) in [5, 5.41) is 2.92. The van der Waals surface area contributed by atoms with Crippen molar-refractivity contribution in [3.8, 4) is 5.75 Å². The van der Waals surface area contributed by atoms with Gasteiger partial charge in [-0.05, 0) is 60.6 Å². The summed E-state index contributed by atoms with van der Waals surface area (Å²) in [5.74, 6) is 0.897. The first-order chi connectivity index (χ1) is 11.2. The van der Waals surface area contributed by atoms with Gasteiger partial charge in [0.05, 0.1) is 13.0 Å². The zero-order valence-corrected chi connectivity index (χ0v) is 13.6. The largest absolute Gasteiger partial charge is 0.492 e. The minimum absolute atomic E-state index is 0.0517. The predicted molar refractivity (Wildman–Crippen MR) is 91.9 cm³/mol. The minimum atomic E-state index is 0.0517. The van der Waals surface area contributed by atoms with Gasteiger partial charge >= 0.3 is 0 Å². The highest BCUT2D eigenvalue weighted by Crippen LogP contribution is 2.22. The lowest BCUT2D eigenvalue weighted by atomic mass is 10.0. The molecule has 0 fully saturated rings. The summed E-state index contributed by atoms with van der Waals surface area (Å²) in [4.78, 5) is 12.0. The molecule has 0 saturated heterocycles. The molecule has 0 radical (unpaired) electrons. The molecule has 0 aromatic heterocycles. The second-order valence-corrected chi connectivity index (χ2v) is 6.15. The van der Waals surface area contributed by atoms with E-state index in [1.807, 2.05) is 31.2 Å². The van der Waals surface area contributed by atoms with Gasteiger partial charge in [0, 0.05) is 0 Å². The van der Waals surface area contributed by atoms with Crippen molar-refractivity contribution in [3.63, 3.8) is 0 Å². The number of aryl methyl sites for hydroxylation is 3. The van der Waals surface area contributed by atoms with Gasteiger partial charge in [0.1, 0.15) is 12.4 Å². The quantitative estimate of drug-likeness (QED) is 0.832. The Kier molecular flexibility index (Phi) is 4.96. The van der Waals surface area contributed by atoms with Crippen LogP contribution >= 0.6 is 0 Å². The molecule has 3 rings (SSSR count). The molecule has 0 saturated carbocycles. The van der Waals surface area contributed by atoms with E-state index >= 15 is 0 Å². The van der Waals surface area contributed by atoms with Crippen molar-refractivity contribution in [1.29, 1.82) is 0 Å². The summed E-state index contributed by atoms with van der Waals surface area (Å²) in [6.45, 7) is 3.04. The van der Waals surface area contributed by atoms with Crippen LogP contribution in [0.2, 0.25) is 0 Å². The summed E-state index contributed by atoms with van der Waals surface area (Å²) in [6, 6.07) is 14.4. The number of carbonyl (C=O) groups excluding carboxylic acids is 1. The number of fused-ring (bicyclic) bond motifs is 1. The first kappa shape index (κ1) is 15.6. The minimum Gasteiger partial charge on any atom is -0.492 e. The third-order valence-corrected chi connectivity index (χ3v) is 4.21. The van der Waals surface area contributed by atoms with Crippen molar-refractivity contribution in [2.24, 2.45) is 0 Å². The SMILES string of the molecule is Cc1cccc(OCCNC(=O)Cc2ccc3c(c2)CCC3)c1. The van der Waals surface area contributed by atoms with E-state index in [9.17, 15) is 4.79 Å². The summed E-state index contributed by atoms with van der Waals surface area (Å²) < 4.78 is 5.63. The number of ether oxygens (including phenoxy) is 1. The molecule has 2 aromatic carbocycles. The van der Waals surface area contributed by atoms with E-state index in [-0.39, 0.29) is 5.91 Å². The van der Waals surface area contributed by atoms with Gasteiger partial charge in [0.15, 0.2) is 0 Å². The summed E-state index contributed by atoms with van der Waals surface area (Å²) in [7, 11) is 0. The highest BCUT2D eigenvalue weighted by atomic mass is 16.5. The Morgan fingerprint density at radius 2 is 2.00 bits per heavy atom. The molecular weight excluding hydrogens is 286 g/mol. The van der Waals surface area contributed by atoms with E-state index in [2.05, 4.69) is 23.5 Å². The maximum Gasteiger partial charge on any atom is 0.224 e. The topological polar surface area (TPSA) is 38.3 Å². The molecule has 3 nitrogen and oxygen atoms in total. The fraction of sp³-hybridized carbons (Fsp3) is 0.350. The lowest BCUT2D eigenvalue weighted by molar-refractivity contribution is -0.120. The van der Waals surface area contributed by atoms with Crippen LogP contribution in [0, 0.1) is 6.92 Å². The molecule has 0 unspecified atom stereocenters. The molecule has 1 amide bonds. The number of carbonyl (C=O) groups is 1. The average Bonchev–Trinajstić information content (AvgIpc) is 2.99. The molecule has 0 aliphatic heterocycles. The van der Waals surface area contributed by atoms with Crippen LogP contribution in [-0.4, -0.2) is 19.1 Å². The number of hydrogen-bond acceptors (Lipinski definition) is 2. The summed E-state index contributed by atoms with van der Waals surface area (Å²) >= 11 is 0. The Hall–Kier alpha value is -2.29. The summed E-state index contributed by atoms with van der Waals surface area (Å²) in [5.41, 5.74) is 5.13. The van der Waals surface area contributed by atoms with E-state index < -0.39 is 0 Å². The van der Waals surface area contributed by atoms with Crippen LogP contribution in [0.3, 0.4) is 0 Å². The van der Waals surface area contributed by atoms with Gasteiger partial charge < -0.3 is 10.1 Å². The van der Waals surface area contributed by atoms with Gasteiger partial charge in [-0.3, -0.25) is 4.79 Å². The van der Waals surface area contributed by atoms with Crippen molar-refractivity contribution in [2.45, 2.75) is 32.6 Å². The number of rotatable bonds is 6. The van der Waals surface area contributed by atoms with Crippen LogP contribution in [-0.2, 0) is 24.1 Å². The molecule has 2 aromatic rings. The van der Waals surface area contributed by atoms with Crippen LogP contribution in [0.4, 0.5) is 0 Å². The van der Waals surface area contributed by atoms with Crippen LogP contribution < -0.4 is 10.1 Å². The highest BCUT2D eigenvalue weighted by Gasteiger charge is 2.12. The van der Waals surface area contributed by atoms with Crippen molar-refractivity contribution in [1.82, 2.24) is 5.32 Å². The number of amides is 1. The number of benzene rings is 2. The average molecular weight is 309 g/mol. The Balaban J connectivity index is 1.41. The lowest BCUT2D eigenvalue weighted by Gasteiger charge is -2.09. The van der Waals surface area contributed by atoms with Gasteiger partial charge in [-0.25, -0.2) is 0 Å². The maximum atomic E-state index is 12.0. The molecule has 120 valence electrons. The Morgan fingerprint density at radius 1 is 1.13 bits per heavy atom. The van der Waals surface area contributed by atoms with Gasteiger partial charge in [-0.1, -0.05) is 30.3 Å². The predicted octanol–water partition coefficient (Wildman–Crippen LogP) is 3.22. The Morgan fingerprint density at radius 3 is 2.87 bits per heavy atom. The van der Waals surface area contributed by atoms with Crippen LogP contribution in [0.1, 0.15) is 28.7 Å². The first-order valence-corrected chi connectivity index (χ1v) is 8.27. The molecule has 1 aliphatic rings. The molecule has 23 heavy (non-hydrogen) atoms. The van der Waals surface area contributed by atoms with Crippen LogP contribution in [0.25, 0.3) is 0 Å². The molecule has 0 heterocycles. The second kappa shape index (κ2) is 7.32. The molecule has 0 atom stereocenters. The van der Waals surface area contributed by atoms with E-state index in [0.717, 1.165) is 17.7 Å². The van der Waals surface area contributed by atoms with E-state index in [0.29, 0.717) is 19.6 Å². The second-order valence-electron chi connectivity index (χ2n) is 6.15. The Labute approximate surface area is 137 Å². The lowest BCUT2D eigenvalue weighted by Crippen LogP contribution is -2.29. The third kappa shape index (κ3) is 4.35. The fourth-order valence-electron chi connectivity index (χ4n) is 3.05. The molecule has 0 spiro atoms. The van der Waals surface area contributed by atoms with Crippen molar-refractivity contribution in [3.05, 3.63) is 64.7 Å². The zero-order chi connectivity index (χ0) is 16.1. The number of hydrogen-bond donors (Lipinski definition) is 1. The Bertz CT molecular complexity index is 694.